The maximum atomic E-state index is 13.4. The predicted octanol–water partition coefficient (Wildman–Crippen LogP) is 5.82. The number of unbranched alkanes of at least 4 members (excludes halogenated alkanes) is 1. The first-order chi connectivity index (χ1) is 11.1. The Morgan fingerprint density at radius 3 is 2.74 bits per heavy atom. The normalized spacial score (nSPS) is 12.1. The van der Waals surface area contributed by atoms with Gasteiger partial charge in [-0.25, -0.2) is 9.37 Å². The molecule has 0 N–H and O–H groups in total. The molecule has 0 saturated carbocycles. The van der Waals surface area contributed by atoms with Gasteiger partial charge in [0.1, 0.15) is 11.3 Å². The number of oxazole rings is 1. The van der Waals surface area contributed by atoms with Gasteiger partial charge in [0.15, 0.2) is 11.5 Å². The molecule has 0 aliphatic carbocycles. The molecule has 118 valence electrons. The highest BCUT2D eigenvalue weighted by Crippen LogP contribution is 2.30. The van der Waals surface area contributed by atoms with Crippen LogP contribution in [0.25, 0.3) is 16.7 Å². The maximum absolute atomic E-state index is 13.4. The van der Waals surface area contributed by atoms with Gasteiger partial charge in [-0.1, -0.05) is 31.6 Å². The number of allylic oxidation sites excluding steroid dienone is 1. The number of hydrogen-bond acceptors (Lipinski definition) is 2. The van der Waals surface area contributed by atoms with Crippen molar-refractivity contribution in [2.24, 2.45) is 0 Å². The zero-order chi connectivity index (χ0) is 16.4. The van der Waals surface area contributed by atoms with Gasteiger partial charge in [0, 0.05) is 6.92 Å². The van der Waals surface area contributed by atoms with Crippen molar-refractivity contribution in [2.45, 2.75) is 33.6 Å². The van der Waals surface area contributed by atoms with Crippen LogP contribution in [-0.2, 0) is 0 Å². The van der Waals surface area contributed by atoms with Crippen molar-refractivity contribution in [1.29, 1.82) is 0 Å². The molecule has 0 saturated heterocycles. The Bertz CT molecular complexity index is 876. The van der Waals surface area contributed by atoms with Gasteiger partial charge < -0.3 is 4.42 Å². The highest BCUT2D eigenvalue weighted by atomic mass is 19.1. The van der Waals surface area contributed by atoms with Gasteiger partial charge in [-0.2, -0.15) is 0 Å². The van der Waals surface area contributed by atoms with E-state index < -0.39 is 0 Å². The molecule has 23 heavy (non-hydrogen) atoms. The van der Waals surface area contributed by atoms with Gasteiger partial charge in [-0.15, -0.1) is 0 Å². The second-order valence-electron chi connectivity index (χ2n) is 5.78. The molecule has 3 rings (SSSR count). The molecule has 2 aromatic carbocycles. The van der Waals surface area contributed by atoms with E-state index in [0.29, 0.717) is 5.89 Å². The fourth-order valence-corrected chi connectivity index (χ4v) is 2.81. The lowest BCUT2D eigenvalue weighted by Gasteiger charge is -2.12. The smallest absolute Gasteiger partial charge is 0.192 e. The van der Waals surface area contributed by atoms with E-state index in [-0.39, 0.29) is 5.82 Å². The quantitative estimate of drug-likeness (QED) is 0.607. The highest BCUT2D eigenvalue weighted by molar-refractivity contribution is 5.86. The van der Waals surface area contributed by atoms with Crippen LogP contribution in [-0.4, -0.2) is 4.98 Å². The third-order valence-electron chi connectivity index (χ3n) is 3.92. The van der Waals surface area contributed by atoms with Crippen molar-refractivity contribution in [3.8, 4) is 0 Å². The molecule has 0 unspecified atom stereocenters. The Balaban J connectivity index is 2.13. The van der Waals surface area contributed by atoms with Crippen LogP contribution in [0.3, 0.4) is 0 Å². The Morgan fingerprint density at radius 1 is 1.17 bits per heavy atom. The number of fused-ring (bicyclic) bond motifs is 1. The van der Waals surface area contributed by atoms with Crippen LogP contribution < -0.4 is 0 Å². The molecule has 2 nitrogen and oxygen atoms in total. The van der Waals surface area contributed by atoms with Crippen molar-refractivity contribution in [1.82, 2.24) is 4.98 Å². The van der Waals surface area contributed by atoms with Gasteiger partial charge in [0.25, 0.3) is 0 Å². The second kappa shape index (κ2) is 6.37. The summed E-state index contributed by atoms with van der Waals surface area (Å²) in [5.74, 6) is 0.455. The Hall–Kier alpha value is -2.42. The van der Waals surface area contributed by atoms with Crippen LogP contribution >= 0.6 is 0 Å². The molecule has 0 fully saturated rings. The number of benzene rings is 2. The Labute approximate surface area is 135 Å². The first-order valence-corrected chi connectivity index (χ1v) is 7.92. The number of aromatic nitrogens is 1. The van der Waals surface area contributed by atoms with Crippen molar-refractivity contribution >= 4 is 16.7 Å². The van der Waals surface area contributed by atoms with Crippen molar-refractivity contribution < 1.29 is 8.81 Å². The summed E-state index contributed by atoms with van der Waals surface area (Å²) in [7, 11) is 0. The molecule has 0 radical (unpaired) electrons. The van der Waals surface area contributed by atoms with E-state index in [0.717, 1.165) is 46.2 Å². The van der Waals surface area contributed by atoms with Crippen LogP contribution in [0.2, 0.25) is 0 Å². The summed E-state index contributed by atoms with van der Waals surface area (Å²) in [6.07, 6.45) is 4.25. The highest BCUT2D eigenvalue weighted by Gasteiger charge is 2.11. The summed E-state index contributed by atoms with van der Waals surface area (Å²) in [6.45, 7) is 5.93. The minimum atomic E-state index is -0.206. The first-order valence-electron chi connectivity index (χ1n) is 7.92. The molecular formula is C20H20FNO. The molecule has 0 aliphatic heterocycles. The monoisotopic (exact) mass is 309 g/mol. The van der Waals surface area contributed by atoms with Crippen molar-refractivity contribution in [2.75, 3.05) is 0 Å². The lowest BCUT2D eigenvalue weighted by atomic mass is 9.93. The van der Waals surface area contributed by atoms with Crippen molar-refractivity contribution in [3.63, 3.8) is 0 Å². The van der Waals surface area contributed by atoms with Gasteiger partial charge >= 0.3 is 0 Å². The lowest BCUT2D eigenvalue weighted by Crippen LogP contribution is -1.93. The summed E-state index contributed by atoms with van der Waals surface area (Å²) in [5.41, 5.74) is 5.80. The van der Waals surface area contributed by atoms with E-state index in [1.807, 2.05) is 32.0 Å². The largest absolute Gasteiger partial charge is 0.441 e. The van der Waals surface area contributed by atoms with Gasteiger partial charge in [0.05, 0.1) is 0 Å². The average molecular weight is 309 g/mol. The van der Waals surface area contributed by atoms with Crippen LogP contribution in [0.15, 0.2) is 46.9 Å². The topological polar surface area (TPSA) is 26.0 Å². The SMILES string of the molecule is CCCC=C(c1ccc2nc(C)oc2c1)c1ccc(F)cc1C. The molecule has 0 spiro atoms. The zero-order valence-corrected chi connectivity index (χ0v) is 13.7. The van der Waals surface area contributed by atoms with E-state index in [2.05, 4.69) is 24.1 Å². The third kappa shape index (κ3) is 3.19. The Kier molecular flexibility index (Phi) is 4.28. The van der Waals surface area contributed by atoms with Crippen LogP contribution in [0.1, 0.15) is 42.3 Å². The minimum Gasteiger partial charge on any atom is -0.441 e. The number of aryl methyl sites for hydroxylation is 2. The average Bonchev–Trinajstić information content (AvgIpc) is 2.88. The lowest BCUT2D eigenvalue weighted by molar-refractivity contribution is 0.561. The third-order valence-corrected chi connectivity index (χ3v) is 3.92. The maximum Gasteiger partial charge on any atom is 0.192 e. The molecule has 3 aromatic rings. The molecule has 3 heteroatoms. The number of nitrogens with zero attached hydrogens (tertiary/aromatic N) is 1. The fourth-order valence-electron chi connectivity index (χ4n) is 2.81. The van der Waals surface area contributed by atoms with E-state index >= 15 is 0 Å². The molecular weight excluding hydrogens is 289 g/mol. The van der Waals surface area contributed by atoms with E-state index in [9.17, 15) is 4.39 Å². The van der Waals surface area contributed by atoms with Gasteiger partial charge in [-0.3, -0.25) is 0 Å². The Morgan fingerprint density at radius 2 is 2.00 bits per heavy atom. The van der Waals surface area contributed by atoms with Crippen molar-refractivity contribution in [3.05, 3.63) is 70.9 Å². The summed E-state index contributed by atoms with van der Waals surface area (Å²) < 4.78 is 19.1. The summed E-state index contributed by atoms with van der Waals surface area (Å²) in [4.78, 5) is 4.34. The number of hydrogen-bond donors (Lipinski definition) is 0. The molecule has 0 aliphatic rings. The standard InChI is InChI=1S/C20H20FNO/c1-4-5-6-18(17-9-8-16(21)11-13(17)2)15-7-10-19-20(12-15)23-14(3)22-19/h6-12H,4-5H2,1-3H3. The van der Waals surface area contributed by atoms with Gasteiger partial charge in [0.2, 0.25) is 0 Å². The molecule has 0 bridgehead atoms. The van der Waals surface area contributed by atoms with E-state index in [1.54, 1.807) is 6.07 Å². The van der Waals surface area contributed by atoms with Gasteiger partial charge in [-0.05, 0) is 59.9 Å². The summed E-state index contributed by atoms with van der Waals surface area (Å²) >= 11 is 0. The van der Waals surface area contributed by atoms with E-state index in [1.165, 1.54) is 6.07 Å². The molecule has 0 atom stereocenters. The zero-order valence-electron chi connectivity index (χ0n) is 13.7. The first kappa shape index (κ1) is 15.5. The predicted molar refractivity (Wildman–Crippen MR) is 91.9 cm³/mol. The van der Waals surface area contributed by atoms with Crippen LogP contribution in [0.4, 0.5) is 4.39 Å². The summed E-state index contributed by atoms with van der Waals surface area (Å²) in [5, 5.41) is 0. The van der Waals surface area contributed by atoms with Crippen LogP contribution in [0, 0.1) is 19.7 Å². The molecule has 0 amide bonds. The minimum absolute atomic E-state index is 0.206. The molecule has 1 heterocycles. The number of rotatable bonds is 4. The molecule has 1 aromatic heterocycles. The van der Waals surface area contributed by atoms with E-state index in [4.69, 9.17) is 4.42 Å². The number of halogens is 1. The van der Waals surface area contributed by atoms with Crippen LogP contribution in [0.5, 0.6) is 0 Å². The second-order valence-corrected chi connectivity index (χ2v) is 5.78. The fraction of sp³-hybridized carbons (Fsp3) is 0.250. The summed E-state index contributed by atoms with van der Waals surface area (Å²) in [6, 6.07) is 11.0.